The molecule has 4 nitrogen and oxygen atoms in total. The maximum absolute atomic E-state index is 10.4. The Morgan fingerprint density at radius 2 is 2.06 bits per heavy atom. The normalized spacial score (nSPS) is 9.88. The first-order valence-corrected chi connectivity index (χ1v) is 4.94. The average Bonchev–Trinajstić information content (AvgIpc) is 2.29. The Hall–Kier alpha value is -2.49. The molecule has 3 N–H and O–H groups in total. The molecular weight excluding hydrogens is 218 g/mol. The molecule has 0 bridgehead atoms. The molecule has 17 heavy (non-hydrogen) atoms. The summed E-state index contributed by atoms with van der Waals surface area (Å²) in [5, 5.41) is 21.6. The minimum Gasteiger partial charge on any atom is -0.508 e. The Bertz CT molecular complexity index is 552. The molecule has 0 fully saturated rings. The van der Waals surface area contributed by atoms with Crippen LogP contribution in [0.15, 0.2) is 36.4 Å². The third-order valence-electron chi connectivity index (χ3n) is 2.30. The average molecular weight is 228 g/mol. The Morgan fingerprint density at radius 1 is 1.24 bits per heavy atom. The van der Waals surface area contributed by atoms with Gasteiger partial charge in [0.15, 0.2) is 0 Å². The van der Waals surface area contributed by atoms with Gasteiger partial charge in [0, 0.05) is 17.3 Å². The van der Waals surface area contributed by atoms with E-state index in [0.717, 1.165) is 0 Å². The number of hydrogen-bond acceptors (Lipinski definition) is 3. The molecule has 0 aliphatic carbocycles. The van der Waals surface area contributed by atoms with E-state index < -0.39 is 0 Å². The van der Waals surface area contributed by atoms with Crippen molar-refractivity contribution in [3.8, 4) is 22.6 Å². The molecule has 0 aliphatic rings. The number of aromatic hydroxyl groups is 2. The lowest BCUT2D eigenvalue weighted by Gasteiger charge is -2.07. The maximum Gasteiger partial charge on any atom is 0.211 e. The van der Waals surface area contributed by atoms with E-state index in [2.05, 4.69) is 11.4 Å². The minimum atomic E-state index is 0.0130. The van der Waals surface area contributed by atoms with Crippen LogP contribution in [-0.2, 0) is 4.79 Å². The molecule has 0 saturated heterocycles. The summed E-state index contributed by atoms with van der Waals surface area (Å²) in [6.07, 6.45) is 0.525. The summed E-state index contributed by atoms with van der Waals surface area (Å²) >= 11 is 0. The molecule has 0 spiro atoms. The lowest BCUT2D eigenvalue weighted by molar-refractivity contribution is -0.105. The van der Waals surface area contributed by atoms with Gasteiger partial charge < -0.3 is 15.5 Å². The first-order valence-electron chi connectivity index (χ1n) is 4.94. The number of benzene rings is 2. The number of phenolic OH excluding ortho intramolecular Hbond substituents is 2. The third-order valence-corrected chi connectivity index (χ3v) is 2.30. The van der Waals surface area contributed by atoms with Gasteiger partial charge in [0.1, 0.15) is 11.5 Å². The highest BCUT2D eigenvalue weighted by molar-refractivity contribution is 5.79. The van der Waals surface area contributed by atoms with Gasteiger partial charge in [-0.05, 0) is 29.8 Å². The van der Waals surface area contributed by atoms with Gasteiger partial charge in [0.05, 0.1) is 0 Å². The van der Waals surface area contributed by atoms with E-state index in [1.165, 1.54) is 18.2 Å². The van der Waals surface area contributed by atoms with E-state index >= 15 is 0 Å². The highest BCUT2D eigenvalue weighted by Crippen LogP contribution is 2.32. The van der Waals surface area contributed by atoms with E-state index in [4.69, 9.17) is 0 Å². The monoisotopic (exact) mass is 228 g/mol. The van der Waals surface area contributed by atoms with Crippen molar-refractivity contribution in [1.29, 1.82) is 0 Å². The van der Waals surface area contributed by atoms with Crippen molar-refractivity contribution in [2.45, 2.75) is 0 Å². The number of anilines is 1. The van der Waals surface area contributed by atoms with Gasteiger partial charge in [-0.2, -0.15) is 0 Å². The molecule has 0 heterocycles. The van der Waals surface area contributed by atoms with Crippen molar-refractivity contribution in [3.05, 3.63) is 42.5 Å². The number of amides is 1. The molecule has 1 amide bonds. The quantitative estimate of drug-likeness (QED) is 0.705. The Balaban J connectivity index is 2.52. The van der Waals surface area contributed by atoms with Gasteiger partial charge in [-0.25, -0.2) is 0 Å². The van der Waals surface area contributed by atoms with Gasteiger partial charge in [-0.1, -0.05) is 12.1 Å². The summed E-state index contributed by atoms with van der Waals surface area (Å²) in [5.41, 5.74) is 1.64. The first kappa shape index (κ1) is 11.0. The molecule has 4 heteroatoms. The summed E-state index contributed by atoms with van der Waals surface area (Å²) in [7, 11) is 0. The van der Waals surface area contributed by atoms with Crippen LogP contribution in [0, 0.1) is 6.07 Å². The van der Waals surface area contributed by atoms with Crippen molar-refractivity contribution in [1.82, 2.24) is 0 Å². The second-order valence-corrected chi connectivity index (χ2v) is 3.47. The molecule has 1 radical (unpaired) electrons. The highest BCUT2D eigenvalue weighted by atomic mass is 16.3. The van der Waals surface area contributed by atoms with Crippen LogP contribution in [0.4, 0.5) is 5.69 Å². The van der Waals surface area contributed by atoms with E-state index in [1.807, 2.05) is 0 Å². The van der Waals surface area contributed by atoms with E-state index in [0.29, 0.717) is 23.2 Å². The second-order valence-electron chi connectivity index (χ2n) is 3.47. The van der Waals surface area contributed by atoms with Crippen LogP contribution in [0.1, 0.15) is 0 Å². The molecule has 85 valence electrons. The van der Waals surface area contributed by atoms with Crippen molar-refractivity contribution < 1.29 is 15.0 Å². The van der Waals surface area contributed by atoms with E-state index in [9.17, 15) is 15.0 Å². The van der Waals surface area contributed by atoms with Gasteiger partial charge >= 0.3 is 0 Å². The summed E-state index contributed by atoms with van der Waals surface area (Å²) in [4.78, 5) is 10.4. The minimum absolute atomic E-state index is 0.0130. The van der Waals surface area contributed by atoms with Crippen LogP contribution in [0.3, 0.4) is 0 Å². The Kier molecular flexibility index (Phi) is 2.96. The number of carbonyl (C=O) groups is 1. The summed E-state index contributed by atoms with van der Waals surface area (Å²) in [5.74, 6) is 0.0780. The molecule has 2 rings (SSSR count). The lowest BCUT2D eigenvalue weighted by Crippen LogP contribution is -1.93. The van der Waals surface area contributed by atoms with Crippen LogP contribution in [0.5, 0.6) is 11.5 Å². The standard InChI is InChI=1S/C13H10NO3/c15-8-14-10-5-9(6-11(16)7-10)12-3-1-2-4-13(12)17/h1,3-8,16-17H,(H,14,15). The fraction of sp³-hybridized carbons (Fsp3) is 0. The summed E-state index contributed by atoms with van der Waals surface area (Å²) in [6.45, 7) is 0. The molecule has 0 aromatic heterocycles. The topological polar surface area (TPSA) is 69.6 Å². The number of nitrogens with one attached hydrogen (secondary N) is 1. The largest absolute Gasteiger partial charge is 0.508 e. The SMILES string of the molecule is O=CNc1cc(O)cc(-c2cc[c]cc2O)c1. The van der Waals surface area contributed by atoms with Gasteiger partial charge in [-0.3, -0.25) is 4.79 Å². The molecule has 0 saturated carbocycles. The van der Waals surface area contributed by atoms with E-state index in [1.54, 1.807) is 18.2 Å². The fourth-order valence-corrected chi connectivity index (χ4v) is 1.58. The molecule has 2 aromatic carbocycles. The first-order chi connectivity index (χ1) is 8.20. The molecule has 2 aromatic rings. The molecule has 0 atom stereocenters. The van der Waals surface area contributed by atoms with Gasteiger partial charge in [-0.15, -0.1) is 0 Å². The summed E-state index contributed by atoms with van der Waals surface area (Å²) in [6, 6.07) is 12.1. The zero-order valence-corrected chi connectivity index (χ0v) is 8.84. The van der Waals surface area contributed by atoms with Crippen LogP contribution in [0.25, 0.3) is 11.1 Å². The fourth-order valence-electron chi connectivity index (χ4n) is 1.58. The Labute approximate surface area is 98.2 Å². The third kappa shape index (κ3) is 2.36. The molecule has 0 unspecified atom stereocenters. The van der Waals surface area contributed by atoms with E-state index in [-0.39, 0.29) is 11.5 Å². The lowest BCUT2D eigenvalue weighted by atomic mass is 10.0. The van der Waals surface area contributed by atoms with Crippen molar-refractivity contribution in [3.63, 3.8) is 0 Å². The maximum atomic E-state index is 10.4. The zero-order valence-electron chi connectivity index (χ0n) is 8.84. The predicted molar refractivity (Wildman–Crippen MR) is 63.7 cm³/mol. The molecule has 0 aliphatic heterocycles. The Morgan fingerprint density at radius 3 is 2.76 bits per heavy atom. The summed E-state index contributed by atoms with van der Waals surface area (Å²) < 4.78 is 0. The number of carbonyl (C=O) groups excluding carboxylic acids is 1. The van der Waals surface area contributed by atoms with Crippen LogP contribution < -0.4 is 5.32 Å². The van der Waals surface area contributed by atoms with Gasteiger partial charge in [0.2, 0.25) is 6.41 Å². The number of hydrogen-bond donors (Lipinski definition) is 3. The van der Waals surface area contributed by atoms with Crippen LogP contribution in [-0.4, -0.2) is 16.6 Å². The van der Waals surface area contributed by atoms with Crippen LogP contribution in [0.2, 0.25) is 0 Å². The predicted octanol–water partition coefficient (Wildman–Crippen LogP) is 2.13. The molecular formula is C13H10NO3. The van der Waals surface area contributed by atoms with Crippen molar-refractivity contribution >= 4 is 12.1 Å². The number of phenols is 2. The van der Waals surface area contributed by atoms with Crippen molar-refractivity contribution in [2.75, 3.05) is 5.32 Å². The van der Waals surface area contributed by atoms with Gasteiger partial charge in [0.25, 0.3) is 0 Å². The highest BCUT2D eigenvalue weighted by Gasteiger charge is 2.06. The van der Waals surface area contributed by atoms with Crippen LogP contribution >= 0.6 is 0 Å². The number of rotatable bonds is 3. The smallest absolute Gasteiger partial charge is 0.211 e. The zero-order chi connectivity index (χ0) is 12.3. The second kappa shape index (κ2) is 4.57. The van der Waals surface area contributed by atoms with Crippen molar-refractivity contribution in [2.24, 2.45) is 0 Å².